The Kier molecular flexibility index (Phi) is 3.01. The summed E-state index contributed by atoms with van der Waals surface area (Å²) < 4.78 is 18.8. The molecule has 0 bridgehead atoms. The van der Waals surface area contributed by atoms with Crippen LogP contribution < -0.4 is 0 Å². The monoisotopic (exact) mass is 221 g/mol. The highest BCUT2D eigenvalue weighted by atomic mass is 19.1. The van der Waals surface area contributed by atoms with Gasteiger partial charge in [0.25, 0.3) is 0 Å². The van der Waals surface area contributed by atoms with Gasteiger partial charge in [0.05, 0.1) is 11.3 Å². The van der Waals surface area contributed by atoms with Gasteiger partial charge in [0.2, 0.25) is 5.89 Å². The van der Waals surface area contributed by atoms with Crippen molar-refractivity contribution in [1.82, 2.24) is 4.98 Å². The number of oxazole rings is 1. The molecule has 1 N–H and O–H groups in total. The van der Waals surface area contributed by atoms with Crippen molar-refractivity contribution in [2.45, 2.75) is 13.3 Å². The van der Waals surface area contributed by atoms with Crippen molar-refractivity contribution in [3.05, 3.63) is 41.5 Å². The van der Waals surface area contributed by atoms with Crippen LogP contribution >= 0.6 is 0 Å². The number of aliphatic hydroxyl groups is 1. The Bertz CT molecular complexity index is 494. The van der Waals surface area contributed by atoms with Crippen LogP contribution in [0.3, 0.4) is 0 Å². The van der Waals surface area contributed by atoms with E-state index in [4.69, 9.17) is 9.52 Å². The highest BCUT2D eigenvalue weighted by molar-refractivity contribution is 5.54. The molecule has 0 aliphatic heterocycles. The standard InChI is InChI=1S/C12H12FNO2/c1-8-11(6-7-15)14-12(16-8)9-4-2-3-5-10(9)13/h2-5,15H,6-7H2,1H3. The van der Waals surface area contributed by atoms with Gasteiger partial charge in [-0.3, -0.25) is 0 Å². The van der Waals surface area contributed by atoms with Crippen molar-refractivity contribution >= 4 is 0 Å². The van der Waals surface area contributed by atoms with Gasteiger partial charge >= 0.3 is 0 Å². The molecular formula is C12H12FNO2. The van der Waals surface area contributed by atoms with E-state index in [1.54, 1.807) is 25.1 Å². The van der Waals surface area contributed by atoms with Crippen LogP contribution in [-0.4, -0.2) is 16.7 Å². The summed E-state index contributed by atoms with van der Waals surface area (Å²) >= 11 is 0. The Balaban J connectivity index is 2.42. The quantitative estimate of drug-likeness (QED) is 0.865. The zero-order chi connectivity index (χ0) is 11.5. The highest BCUT2D eigenvalue weighted by Gasteiger charge is 2.13. The fourth-order valence-corrected chi connectivity index (χ4v) is 1.52. The molecule has 0 unspecified atom stereocenters. The molecular weight excluding hydrogens is 209 g/mol. The maximum absolute atomic E-state index is 13.5. The molecule has 0 amide bonds. The van der Waals surface area contributed by atoms with Gasteiger partial charge in [0.15, 0.2) is 0 Å². The average Bonchev–Trinajstić information content (AvgIpc) is 2.61. The molecule has 0 saturated carbocycles. The summed E-state index contributed by atoms with van der Waals surface area (Å²) in [5, 5.41) is 8.82. The van der Waals surface area contributed by atoms with Crippen molar-refractivity contribution in [3.63, 3.8) is 0 Å². The molecule has 1 heterocycles. The molecule has 4 heteroatoms. The lowest BCUT2D eigenvalue weighted by atomic mass is 10.2. The van der Waals surface area contributed by atoms with Crippen LogP contribution in [0.15, 0.2) is 28.7 Å². The number of halogens is 1. The fourth-order valence-electron chi connectivity index (χ4n) is 1.52. The van der Waals surface area contributed by atoms with Crippen molar-refractivity contribution in [2.75, 3.05) is 6.61 Å². The maximum Gasteiger partial charge on any atom is 0.229 e. The summed E-state index contributed by atoms with van der Waals surface area (Å²) in [6, 6.07) is 6.32. The lowest BCUT2D eigenvalue weighted by Gasteiger charge is -1.95. The topological polar surface area (TPSA) is 46.3 Å². The summed E-state index contributed by atoms with van der Waals surface area (Å²) in [5.74, 6) is 0.519. The summed E-state index contributed by atoms with van der Waals surface area (Å²) in [7, 11) is 0. The van der Waals surface area contributed by atoms with Gasteiger partial charge in [-0.2, -0.15) is 0 Å². The minimum atomic E-state index is -0.362. The van der Waals surface area contributed by atoms with Gasteiger partial charge in [0, 0.05) is 13.0 Å². The largest absolute Gasteiger partial charge is 0.441 e. The molecule has 2 rings (SSSR count). The molecule has 3 nitrogen and oxygen atoms in total. The third-order valence-corrected chi connectivity index (χ3v) is 2.35. The second kappa shape index (κ2) is 4.45. The van der Waals surface area contributed by atoms with Crippen LogP contribution in [0.5, 0.6) is 0 Å². The van der Waals surface area contributed by atoms with Crippen molar-refractivity contribution in [1.29, 1.82) is 0 Å². The Morgan fingerprint density at radius 2 is 2.12 bits per heavy atom. The molecule has 1 aromatic carbocycles. The maximum atomic E-state index is 13.5. The van der Waals surface area contributed by atoms with Gasteiger partial charge in [0.1, 0.15) is 11.6 Å². The zero-order valence-corrected chi connectivity index (χ0v) is 8.90. The van der Waals surface area contributed by atoms with E-state index in [1.165, 1.54) is 6.07 Å². The zero-order valence-electron chi connectivity index (χ0n) is 8.90. The SMILES string of the molecule is Cc1oc(-c2ccccc2F)nc1CCO. The Labute approximate surface area is 92.6 Å². The molecule has 2 aromatic rings. The van der Waals surface area contributed by atoms with E-state index in [9.17, 15) is 4.39 Å². The predicted molar refractivity (Wildman–Crippen MR) is 57.4 cm³/mol. The minimum Gasteiger partial charge on any atom is -0.441 e. The lowest BCUT2D eigenvalue weighted by molar-refractivity contribution is 0.297. The molecule has 0 saturated heterocycles. The van der Waals surface area contributed by atoms with E-state index >= 15 is 0 Å². The number of aryl methyl sites for hydroxylation is 1. The summed E-state index contributed by atoms with van der Waals surface area (Å²) in [4.78, 5) is 4.16. The first-order chi connectivity index (χ1) is 7.72. The van der Waals surface area contributed by atoms with Crippen LogP contribution in [0, 0.1) is 12.7 Å². The van der Waals surface area contributed by atoms with Gasteiger partial charge in [-0.25, -0.2) is 9.37 Å². The molecule has 0 radical (unpaired) electrons. The van der Waals surface area contributed by atoms with Gasteiger partial charge in [-0.05, 0) is 19.1 Å². The third-order valence-electron chi connectivity index (χ3n) is 2.35. The molecule has 16 heavy (non-hydrogen) atoms. The first-order valence-electron chi connectivity index (χ1n) is 5.04. The Morgan fingerprint density at radius 3 is 2.81 bits per heavy atom. The van der Waals surface area contributed by atoms with Crippen LogP contribution in [0.4, 0.5) is 4.39 Å². The summed E-state index contributed by atoms with van der Waals surface area (Å²) in [6.07, 6.45) is 0.420. The molecule has 1 aromatic heterocycles. The second-order valence-electron chi connectivity index (χ2n) is 3.48. The fraction of sp³-hybridized carbons (Fsp3) is 0.250. The average molecular weight is 221 g/mol. The second-order valence-corrected chi connectivity index (χ2v) is 3.48. The Morgan fingerprint density at radius 1 is 1.38 bits per heavy atom. The highest BCUT2D eigenvalue weighted by Crippen LogP contribution is 2.24. The predicted octanol–water partition coefficient (Wildman–Crippen LogP) is 2.32. The van der Waals surface area contributed by atoms with Gasteiger partial charge < -0.3 is 9.52 Å². The van der Waals surface area contributed by atoms with E-state index in [0.29, 0.717) is 23.4 Å². The van der Waals surface area contributed by atoms with Crippen molar-refractivity contribution < 1.29 is 13.9 Å². The number of rotatable bonds is 3. The summed E-state index contributed by atoms with van der Waals surface area (Å²) in [6.45, 7) is 1.76. The molecule has 0 spiro atoms. The van der Waals surface area contributed by atoms with Crippen molar-refractivity contribution in [2.24, 2.45) is 0 Å². The van der Waals surface area contributed by atoms with Crippen LogP contribution in [0.25, 0.3) is 11.5 Å². The smallest absolute Gasteiger partial charge is 0.229 e. The molecule has 84 valence electrons. The van der Waals surface area contributed by atoms with E-state index in [-0.39, 0.29) is 18.3 Å². The molecule has 0 atom stereocenters. The number of hydrogen-bond acceptors (Lipinski definition) is 3. The first kappa shape index (κ1) is 10.8. The van der Waals surface area contributed by atoms with Crippen molar-refractivity contribution in [3.8, 4) is 11.5 Å². The third kappa shape index (κ3) is 1.97. The summed E-state index contributed by atoms with van der Waals surface area (Å²) in [5.41, 5.74) is 1.01. The van der Waals surface area contributed by atoms with Gasteiger partial charge in [-0.1, -0.05) is 12.1 Å². The number of benzene rings is 1. The van der Waals surface area contributed by atoms with E-state index in [0.717, 1.165) is 0 Å². The number of hydrogen-bond donors (Lipinski definition) is 1. The minimum absolute atomic E-state index is 0.00405. The van der Waals surface area contributed by atoms with Gasteiger partial charge in [-0.15, -0.1) is 0 Å². The number of nitrogens with zero attached hydrogens (tertiary/aromatic N) is 1. The van der Waals surface area contributed by atoms with Crippen LogP contribution in [0.1, 0.15) is 11.5 Å². The van der Waals surface area contributed by atoms with Crippen LogP contribution in [-0.2, 0) is 6.42 Å². The number of aliphatic hydroxyl groups excluding tert-OH is 1. The number of aromatic nitrogens is 1. The molecule has 0 aliphatic carbocycles. The molecule has 0 fully saturated rings. The van der Waals surface area contributed by atoms with E-state index in [2.05, 4.69) is 4.98 Å². The first-order valence-corrected chi connectivity index (χ1v) is 5.04. The van der Waals surface area contributed by atoms with E-state index < -0.39 is 0 Å². The van der Waals surface area contributed by atoms with Crippen LogP contribution in [0.2, 0.25) is 0 Å². The normalized spacial score (nSPS) is 10.7. The lowest BCUT2D eigenvalue weighted by Crippen LogP contribution is -1.92. The Hall–Kier alpha value is -1.68. The molecule has 0 aliphatic rings. The van der Waals surface area contributed by atoms with E-state index in [1.807, 2.05) is 0 Å².